The van der Waals surface area contributed by atoms with Gasteiger partial charge >= 0.3 is 5.97 Å². The molecule has 0 fully saturated rings. The quantitative estimate of drug-likeness (QED) is 0.767. The molecule has 0 aliphatic heterocycles. The van der Waals surface area contributed by atoms with Gasteiger partial charge in [-0.15, -0.1) is 0 Å². The molecule has 1 unspecified atom stereocenters. The van der Waals surface area contributed by atoms with Crippen LogP contribution in [0.3, 0.4) is 0 Å². The maximum atomic E-state index is 11.6. The van der Waals surface area contributed by atoms with Crippen molar-refractivity contribution in [2.24, 2.45) is 17.1 Å². The maximum Gasteiger partial charge on any atom is 0.311 e. The van der Waals surface area contributed by atoms with Gasteiger partial charge in [-0.25, -0.2) is 0 Å². The first-order valence-electron chi connectivity index (χ1n) is 7.38. The number of nitrogens with zero attached hydrogens (tertiary/aromatic N) is 2. The van der Waals surface area contributed by atoms with Crippen LogP contribution in [0.1, 0.15) is 52.3 Å². The predicted octanol–water partition coefficient (Wildman–Crippen LogP) is 2.47. The smallest absolute Gasteiger partial charge is 0.311 e. The average Bonchev–Trinajstić information content (AvgIpc) is 2.85. The Morgan fingerprint density at radius 1 is 1.45 bits per heavy atom. The standard InChI is InChI=1S/C15H27N3O2/c1-5-13(6-2)18-8-7-12(17-18)9-15(10-16,11(3)4)14(19)20/h7-8,11,13H,5-6,9-10,16H2,1-4H3,(H,19,20). The second kappa shape index (κ2) is 6.88. The summed E-state index contributed by atoms with van der Waals surface area (Å²) in [5, 5.41) is 14.1. The number of carboxylic acids is 1. The summed E-state index contributed by atoms with van der Waals surface area (Å²) in [6.45, 7) is 8.19. The van der Waals surface area contributed by atoms with Crippen LogP contribution in [-0.2, 0) is 11.2 Å². The summed E-state index contributed by atoms with van der Waals surface area (Å²) in [4.78, 5) is 11.6. The van der Waals surface area contributed by atoms with E-state index in [2.05, 4.69) is 18.9 Å². The Kier molecular flexibility index (Phi) is 5.74. The zero-order valence-corrected chi connectivity index (χ0v) is 13.0. The number of hydrogen-bond donors (Lipinski definition) is 2. The lowest BCUT2D eigenvalue weighted by Crippen LogP contribution is -2.45. The summed E-state index contributed by atoms with van der Waals surface area (Å²) in [5.74, 6) is -0.879. The highest BCUT2D eigenvalue weighted by atomic mass is 16.4. The van der Waals surface area contributed by atoms with Gasteiger partial charge in [0.15, 0.2) is 0 Å². The Labute approximate surface area is 121 Å². The number of carboxylic acid groups (broad SMARTS) is 1. The van der Waals surface area contributed by atoms with E-state index in [1.54, 1.807) is 0 Å². The van der Waals surface area contributed by atoms with Gasteiger partial charge in [0.05, 0.1) is 17.2 Å². The van der Waals surface area contributed by atoms with Crippen molar-refractivity contribution in [3.05, 3.63) is 18.0 Å². The molecule has 1 atom stereocenters. The molecule has 0 aliphatic carbocycles. The van der Waals surface area contributed by atoms with Gasteiger partial charge in [0.25, 0.3) is 0 Å². The molecule has 20 heavy (non-hydrogen) atoms. The number of nitrogens with two attached hydrogens (primary N) is 1. The monoisotopic (exact) mass is 281 g/mol. The van der Waals surface area contributed by atoms with Gasteiger partial charge < -0.3 is 10.8 Å². The average molecular weight is 281 g/mol. The van der Waals surface area contributed by atoms with Gasteiger partial charge in [-0.3, -0.25) is 9.48 Å². The van der Waals surface area contributed by atoms with Gasteiger partial charge in [0.2, 0.25) is 0 Å². The fourth-order valence-electron chi connectivity index (χ4n) is 2.58. The van der Waals surface area contributed by atoms with Crippen molar-refractivity contribution in [2.45, 2.75) is 53.0 Å². The number of aromatic nitrogens is 2. The summed E-state index contributed by atoms with van der Waals surface area (Å²) < 4.78 is 1.94. The molecule has 0 aliphatic rings. The molecule has 0 radical (unpaired) electrons. The van der Waals surface area contributed by atoms with Gasteiger partial charge in [-0.05, 0) is 24.8 Å². The second-order valence-electron chi connectivity index (χ2n) is 5.75. The van der Waals surface area contributed by atoms with Crippen molar-refractivity contribution in [2.75, 3.05) is 6.54 Å². The Hall–Kier alpha value is -1.36. The Balaban J connectivity index is 2.99. The van der Waals surface area contributed by atoms with Crippen molar-refractivity contribution in [3.8, 4) is 0 Å². The van der Waals surface area contributed by atoms with E-state index in [4.69, 9.17) is 5.73 Å². The molecule has 0 saturated carbocycles. The first-order valence-corrected chi connectivity index (χ1v) is 7.38. The van der Waals surface area contributed by atoms with Crippen LogP contribution in [0.2, 0.25) is 0 Å². The van der Waals surface area contributed by atoms with Crippen LogP contribution in [0.15, 0.2) is 12.3 Å². The fraction of sp³-hybridized carbons (Fsp3) is 0.733. The lowest BCUT2D eigenvalue weighted by Gasteiger charge is -2.31. The van der Waals surface area contributed by atoms with Crippen molar-refractivity contribution >= 4 is 5.97 Å². The summed E-state index contributed by atoms with van der Waals surface area (Å²) in [6, 6.07) is 2.29. The summed E-state index contributed by atoms with van der Waals surface area (Å²) in [6.07, 6.45) is 4.35. The molecule has 0 saturated heterocycles. The molecule has 5 nitrogen and oxygen atoms in total. The summed E-state index contributed by atoms with van der Waals surface area (Å²) in [7, 11) is 0. The van der Waals surface area contributed by atoms with Crippen LogP contribution < -0.4 is 5.73 Å². The maximum absolute atomic E-state index is 11.6. The molecule has 1 rings (SSSR count). The van der Waals surface area contributed by atoms with Crippen LogP contribution in [0.5, 0.6) is 0 Å². The highest BCUT2D eigenvalue weighted by Crippen LogP contribution is 2.31. The van der Waals surface area contributed by atoms with E-state index in [1.165, 1.54) is 0 Å². The molecule has 1 heterocycles. The third-order valence-electron chi connectivity index (χ3n) is 4.37. The molecule has 114 valence electrons. The third kappa shape index (κ3) is 3.20. The number of hydrogen-bond acceptors (Lipinski definition) is 3. The highest BCUT2D eigenvalue weighted by Gasteiger charge is 2.41. The van der Waals surface area contributed by atoms with E-state index < -0.39 is 11.4 Å². The van der Waals surface area contributed by atoms with Gasteiger partial charge in [0, 0.05) is 19.2 Å². The van der Waals surface area contributed by atoms with Crippen LogP contribution in [0, 0.1) is 11.3 Å². The normalized spacial score (nSPS) is 14.8. The molecule has 0 spiro atoms. The van der Waals surface area contributed by atoms with E-state index >= 15 is 0 Å². The Morgan fingerprint density at radius 3 is 2.45 bits per heavy atom. The highest BCUT2D eigenvalue weighted by molar-refractivity contribution is 5.75. The second-order valence-corrected chi connectivity index (χ2v) is 5.75. The molecule has 1 aromatic heterocycles. The number of aliphatic carboxylic acids is 1. The molecular formula is C15H27N3O2. The summed E-state index contributed by atoms with van der Waals surface area (Å²) >= 11 is 0. The minimum atomic E-state index is -0.937. The van der Waals surface area contributed by atoms with Crippen LogP contribution in [0.25, 0.3) is 0 Å². The largest absolute Gasteiger partial charge is 0.481 e. The molecule has 5 heteroatoms. The topological polar surface area (TPSA) is 81.1 Å². The lowest BCUT2D eigenvalue weighted by molar-refractivity contribution is -0.151. The Morgan fingerprint density at radius 2 is 2.05 bits per heavy atom. The minimum absolute atomic E-state index is 0.0386. The zero-order valence-electron chi connectivity index (χ0n) is 13.0. The Bertz CT molecular complexity index is 438. The van der Waals surface area contributed by atoms with E-state index in [9.17, 15) is 9.90 Å². The fourth-order valence-corrected chi connectivity index (χ4v) is 2.58. The van der Waals surface area contributed by atoms with Gasteiger partial charge in [-0.1, -0.05) is 27.7 Å². The minimum Gasteiger partial charge on any atom is -0.481 e. The molecule has 0 aromatic carbocycles. The van der Waals surface area contributed by atoms with Gasteiger partial charge in [0.1, 0.15) is 0 Å². The van der Waals surface area contributed by atoms with E-state index in [1.807, 2.05) is 30.8 Å². The molecule has 3 N–H and O–H groups in total. The SMILES string of the molecule is CCC(CC)n1ccc(CC(CN)(C(=O)O)C(C)C)n1. The number of rotatable bonds is 8. The first kappa shape index (κ1) is 16.7. The van der Waals surface area contributed by atoms with Crippen molar-refractivity contribution in [1.82, 2.24) is 9.78 Å². The number of carbonyl (C=O) groups is 1. The van der Waals surface area contributed by atoms with Crippen molar-refractivity contribution in [1.29, 1.82) is 0 Å². The zero-order chi connectivity index (χ0) is 15.3. The molecule has 0 amide bonds. The predicted molar refractivity (Wildman–Crippen MR) is 79.5 cm³/mol. The first-order chi connectivity index (χ1) is 9.41. The van der Waals surface area contributed by atoms with E-state index in [0.29, 0.717) is 12.5 Å². The third-order valence-corrected chi connectivity index (χ3v) is 4.37. The molecular weight excluding hydrogens is 254 g/mol. The van der Waals surface area contributed by atoms with Crippen molar-refractivity contribution in [3.63, 3.8) is 0 Å². The van der Waals surface area contributed by atoms with Crippen LogP contribution in [0.4, 0.5) is 0 Å². The van der Waals surface area contributed by atoms with E-state index in [0.717, 1.165) is 18.5 Å². The lowest BCUT2D eigenvalue weighted by atomic mass is 9.74. The molecule has 0 bridgehead atoms. The van der Waals surface area contributed by atoms with E-state index in [-0.39, 0.29) is 12.5 Å². The van der Waals surface area contributed by atoms with Crippen molar-refractivity contribution < 1.29 is 9.90 Å². The van der Waals surface area contributed by atoms with Gasteiger partial charge in [-0.2, -0.15) is 5.10 Å². The van der Waals surface area contributed by atoms with Crippen LogP contribution >= 0.6 is 0 Å². The molecule has 1 aromatic rings. The van der Waals surface area contributed by atoms with Crippen LogP contribution in [-0.4, -0.2) is 27.4 Å². The summed E-state index contributed by atoms with van der Waals surface area (Å²) in [5.41, 5.74) is 5.63.